The number of hydrogen-bond acceptors (Lipinski definition) is 3. The van der Waals surface area contributed by atoms with E-state index in [2.05, 4.69) is 0 Å². The number of rotatable bonds is 0. The van der Waals surface area contributed by atoms with E-state index in [1.54, 1.807) is 0 Å². The third-order valence-electron chi connectivity index (χ3n) is 2.35. The molecule has 3 atom stereocenters. The highest BCUT2D eigenvalue weighted by molar-refractivity contribution is 4.92. The minimum Gasteiger partial charge on any atom is -0.390 e. The normalized spacial score (nSPS) is 47.7. The first-order chi connectivity index (χ1) is 5.08. The molecule has 0 spiro atoms. The Bertz CT molecular complexity index is 167. The highest BCUT2D eigenvalue weighted by Gasteiger charge is 2.48. The van der Waals surface area contributed by atoms with E-state index in [-0.39, 0.29) is 18.3 Å². The Labute approximate surface area is 66.3 Å². The molecule has 1 saturated heterocycles. The molecule has 0 aromatic heterocycles. The van der Waals surface area contributed by atoms with Gasteiger partial charge in [0.1, 0.15) is 6.10 Å². The van der Waals surface area contributed by atoms with Gasteiger partial charge < -0.3 is 14.6 Å². The molecule has 0 unspecified atom stereocenters. The second-order valence-electron chi connectivity index (χ2n) is 3.78. The first-order valence-electron chi connectivity index (χ1n) is 4.12. The van der Waals surface area contributed by atoms with Gasteiger partial charge >= 0.3 is 0 Å². The lowest BCUT2D eigenvalue weighted by molar-refractivity contribution is -0.161. The molecule has 11 heavy (non-hydrogen) atoms. The lowest BCUT2D eigenvalue weighted by Gasteiger charge is -2.19. The van der Waals surface area contributed by atoms with E-state index in [1.165, 1.54) is 0 Å². The van der Waals surface area contributed by atoms with Crippen LogP contribution in [-0.2, 0) is 9.47 Å². The van der Waals surface area contributed by atoms with Gasteiger partial charge in [0.2, 0.25) is 0 Å². The first-order valence-corrected chi connectivity index (χ1v) is 4.12. The number of fused-ring (bicyclic) bond motifs is 1. The topological polar surface area (TPSA) is 38.7 Å². The molecule has 64 valence electrons. The Balaban J connectivity index is 2.10. The summed E-state index contributed by atoms with van der Waals surface area (Å²) in [6.45, 7) is 3.77. The van der Waals surface area contributed by atoms with Crippen molar-refractivity contribution < 1.29 is 14.6 Å². The average Bonchev–Trinajstić information content (AvgIpc) is 2.31. The van der Waals surface area contributed by atoms with Crippen LogP contribution >= 0.6 is 0 Å². The summed E-state index contributed by atoms with van der Waals surface area (Å²) in [5, 5.41) is 9.43. The second kappa shape index (κ2) is 2.19. The molecule has 1 aliphatic heterocycles. The molecule has 2 fully saturated rings. The largest absolute Gasteiger partial charge is 0.390 e. The van der Waals surface area contributed by atoms with Crippen molar-refractivity contribution in [2.45, 2.75) is 50.8 Å². The molecule has 1 saturated carbocycles. The predicted octanol–water partition coefficient (Wildman–Crippen LogP) is 0.661. The van der Waals surface area contributed by atoms with Crippen molar-refractivity contribution in [2.75, 3.05) is 0 Å². The molecule has 1 N–H and O–H groups in total. The lowest BCUT2D eigenvalue weighted by atomic mass is 10.2. The van der Waals surface area contributed by atoms with Crippen molar-refractivity contribution in [1.29, 1.82) is 0 Å². The average molecular weight is 158 g/mol. The van der Waals surface area contributed by atoms with Crippen LogP contribution in [0.2, 0.25) is 0 Å². The predicted molar refractivity (Wildman–Crippen MR) is 39.1 cm³/mol. The van der Waals surface area contributed by atoms with Crippen LogP contribution in [0, 0.1) is 0 Å². The highest BCUT2D eigenvalue weighted by Crippen LogP contribution is 2.37. The standard InChI is InChI=1S/C8H14O3/c1-8(2)10-6-4-3-5(9)7(6)11-8/h5-7,9H,3-4H2,1-2H3/t5-,6-,7+/m0/s1. The van der Waals surface area contributed by atoms with Crippen molar-refractivity contribution in [2.24, 2.45) is 0 Å². The van der Waals surface area contributed by atoms with E-state index in [0.717, 1.165) is 12.8 Å². The Morgan fingerprint density at radius 2 is 2.00 bits per heavy atom. The summed E-state index contributed by atoms with van der Waals surface area (Å²) in [6, 6.07) is 0. The molecular formula is C8H14O3. The van der Waals surface area contributed by atoms with Crippen LogP contribution in [0.3, 0.4) is 0 Å². The maximum Gasteiger partial charge on any atom is 0.163 e. The molecule has 2 aliphatic rings. The molecule has 0 radical (unpaired) electrons. The number of hydrogen-bond donors (Lipinski definition) is 1. The van der Waals surface area contributed by atoms with Crippen LogP contribution < -0.4 is 0 Å². The molecule has 0 amide bonds. The highest BCUT2D eigenvalue weighted by atomic mass is 16.8. The van der Waals surface area contributed by atoms with E-state index in [1.807, 2.05) is 13.8 Å². The van der Waals surface area contributed by atoms with Gasteiger partial charge in [-0.2, -0.15) is 0 Å². The zero-order valence-electron chi connectivity index (χ0n) is 6.91. The van der Waals surface area contributed by atoms with E-state index in [4.69, 9.17) is 9.47 Å². The van der Waals surface area contributed by atoms with Crippen molar-refractivity contribution in [3.05, 3.63) is 0 Å². The summed E-state index contributed by atoms with van der Waals surface area (Å²) in [7, 11) is 0. The molecule has 0 bridgehead atoms. The summed E-state index contributed by atoms with van der Waals surface area (Å²) in [4.78, 5) is 0. The van der Waals surface area contributed by atoms with Gasteiger partial charge in [-0.1, -0.05) is 0 Å². The van der Waals surface area contributed by atoms with Crippen molar-refractivity contribution in [3.63, 3.8) is 0 Å². The second-order valence-corrected chi connectivity index (χ2v) is 3.78. The van der Waals surface area contributed by atoms with Crippen LogP contribution in [0.25, 0.3) is 0 Å². The molecule has 3 heteroatoms. The Kier molecular flexibility index (Phi) is 1.50. The third kappa shape index (κ3) is 1.17. The van der Waals surface area contributed by atoms with Gasteiger partial charge in [0.05, 0.1) is 12.2 Å². The zero-order chi connectivity index (χ0) is 8.06. The first kappa shape index (κ1) is 7.53. The maximum atomic E-state index is 9.43. The summed E-state index contributed by atoms with van der Waals surface area (Å²) in [5.74, 6) is -0.489. The fraction of sp³-hybridized carbons (Fsp3) is 1.00. The SMILES string of the molecule is CC1(C)O[C@H]2[C@H](CC[C@@H]2O)O1. The quantitative estimate of drug-likeness (QED) is 0.563. The van der Waals surface area contributed by atoms with Gasteiger partial charge in [-0.15, -0.1) is 0 Å². The van der Waals surface area contributed by atoms with Crippen LogP contribution in [0.15, 0.2) is 0 Å². The minimum atomic E-state index is -0.489. The molecule has 0 aromatic rings. The van der Waals surface area contributed by atoms with Gasteiger partial charge in [-0.05, 0) is 26.7 Å². The number of aliphatic hydroxyl groups is 1. The van der Waals surface area contributed by atoms with E-state index in [0.29, 0.717) is 0 Å². The van der Waals surface area contributed by atoms with Gasteiger partial charge in [0.15, 0.2) is 5.79 Å². The van der Waals surface area contributed by atoms with E-state index < -0.39 is 5.79 Å². The van der Waals surface area contributed by atoms with Crippen LogP contribution in [0.4, 0.5) is 0 Å². The Morgan fingerprint density at radius 1 is 1.27 bits per heavy atom. The molecule has 1 heterocycles. The van der Waals surface area contributed by atoms with Crippen molar-refractivity contribution >= 4 is 0 Å². The summed E-state index contributed by atoms with van der Waals surface area (Å²) < 4.78 is 11.1. The van der Waals surface area contributed by atoms with Crippen LogP contribution in [0.5, 0.6) is 0 Å². The summed E-state index contributed by atoms with van der Waals surface area (Å²) in [6.07, 6.45) is 1.47. The monoisotopic (exact) mass is 158 g/mol. The smallest absolute Gasteiger partial charge is 0.163 e. The van der Waals surface area contributed by atoms with Crippen LogP contribution in [-0.4, -0.2) is 29.2 Å². The van der Waals surface area contributed by atoms with Crippen LogP contribution in [0.1, 0.15) is 26.7 Å². The Hall–Kier alpha value is -0.120. The lowest BCUT2D eigenvalue weighted by Crippen LogP contribution is -2.28. The fourth-order valence-corrected chi connectivity index (χ4v) is 1.91. The minimum absolute atomic E-state index is 0.0787. The van der Waals surface area contributed by atoms with Crippen molar-refractivity contribution in [3.8, 4) is 0 Å². The maximum absolute atomic E-state index is 9.43. The van der Waals surface area contributed by atoms with E-state index in [9.17, 15) is 5.11 Å². The summed E-state index contributed by atoms with van der Waals surface area (Å²) in [5.41, 5.74) is 0. The van der Waals surface area contributed by atoms with Crippen molar-refractivity contribution in [1.82, 2.24) is 0 Å². The fourth-order valence-electron chi connectivity index (χ4n) is 1.91. The molecule has 0 aromatic carbocycles. The van der Waals surface area contributed by atoms with E-state index >= 15 is 0 Å². The van der Waals surface area contributed by atoms with Gasteiger partial charge in [0, 0.05) is 0 Å². The van der Waals surface area contributed by atoms with Gasteiger partial charge in [0.25, 0.3) is 0 Å². The summed E-state index contributed by atoms with van der Waals surface area (Å²) >= 11 is 0. The Morgan fingerprint density at radius 3 is 2.64 bits per heavy atom. The molecule has 3 nitrogen and oxygen atoms in total. The molecule has 1 aliphatic carbocycles. The molecule has 2 rings (SSSR count). The van der Waals surface area contributed by atoms with Gasteiger partial charge in [-0.3, -0.25) is 0 Å². The molecular weight excluding hydrogens is 144 g/mol. The number of aliphatic hydroxyl groups excluding tert-OH is 1. The van der Waals surface area contributed by atoms with Gasteiger partial charge in [-0.25, -0.2) is 0 Å². The number of ether oxygens (including phenoxy) is 2. The zero-order valence-corrected chi connectivity index (χ0v) is 6.91. The third-order valence-corrected chi connectivity index (χ3v) is 2.35.